The Morgan fingerprint density at radius 3 is 2.48 bits per heavy atom. The van der Waals surface area contributed by atoms with Crippen LogP contribution in [0.4, 0.5) is 10.8 Å². The Kier molecular flexibility index (Phi) is 6.04. The first-order valence-corrected chi connectivity index (χ1v) is 12.4. The van der Waals surface area contributed by atoms with Gasteiger partial charge < -0.3 is 4.90 Å². The van der Waals surface area contributed by atoms with E-state index in [1.807, 2.05) is 27.8 Å². The van der Waals surface area contributed by atoms with Gasteiger partial charge in [0, 0.05) is 23.0 Å². The van der Waals surface area contributed by atoms with Gasteiger partial charge in [0.15, 0.2) is 5.13 Å². The predicted octanol–water partition coefficient (Wildman–Crippen LogP) is 3.29. The Balaban J connectivity index is 1.75. The summed E-state index contributed by atoms with van der Waals surface area (Å²) in [5, 5.41) is 9.64. The van der Waals surface area contributed by atoms with E-state index < -0.39 is 15.9 Å². The number of aromatic nitrogens is 3. The van der Waals surface area contributed by atoms with Gasteiger partial charge in [-0.3, -0.25) is 14.8 Å². The summed E-state index contributed by atoms with van der Waals surface area (Å²) in [7, 11) is -3.72. The van der Waals surface area contributed by atoms with E-state index in [1.54, 1.807) is 43.6 Å². The lowest BCUT2D eigenvalue weighted by atomic mass is 10.1. The second-order valence-electron chi connectivity index (χ2n) is 7.23. The molecule has 0 atom stereocenters. The number of nitriles is 1. The van der Waals surface area contributed by atoms with Gasteiger partial charge in [-0.1, -0.05) is 6.07 Å². The summed E-state index contributed by atoms with van der Waals surface area (Å²) < 4.78 is 24.9. The summed E-state index contributed by atoms with van der Waals surface area (Å²) in [6.07, 6.45) is 4.17. The molecule has 4 aromatic rings. The summed E-state index contributed by atoms with van der Waals surface area (Å²) in [6.45, 7) is 2.11. The van der Waals surface area contributed by atoms with E-state index in [0.29, 0.717) is 22.1 Å². The Morgan fingerprint density at radius 2 is 1.82 bits per heavy atom. The third-order valence-corrected chi connectivity index (χ3v) is 6.24. The van der Waals surface area contributed by atoms with E-state index in [9.17, 15) is 13.2 Å². The van der Waals surface area contributed by atoms with Gasteiger partial charge in [-0.05, 0) is 48.9 Å². The zero-order valence-electron chi connectivity index (χ0n) is 17.7. The first kappa shape index (κ1) is 22.3. The van der Waals surface area contributed by atoms with E-state index in [4.69, 9.17) is 5.26 Å². The van der Waals surface area contributed by atoms with Crippen LogP contribution < -0.4 is 9.62 Å². The van der Waals surface area contributed by atoms with Crippen molar-refractivity contribution in [2.75, 3.05) is 11.2 Å². The quantitative estimate of drug-likeness (QED) is 0.447. The van der Waals surface area contributed by atoms with Crippen LogP contribution in [0.25, 0.3) is 11.0 Å². The molecule has 0 radical (unpaired) electrons. The molecule has 0 bridgehead atoms. The number of nitrogens with zero attached hydrogens (tertiary/aromatic N) is 5. The Morgan fingerprint density at radius 1 is 1.12 bits per heavy atom. The normalized spacial score (nSPS) is 11.2. The smallest absolute Gasteiger partial charge is 0.284 e. The number of benzene rings is 2. The van der Waals surface area contributed by atoms with E-state index in [0.717, 1.165) is 28.5 Å². The SMILES string of the molecule is Cc1sc(N(Cc2ccc3nccnc3c2)c2ccc(C#N)cc2)nc1C(=O)NS(C)(=O)=O. The van der Waals surface area contributed by atoms with Gasteiger partial charge in [0.05, 0.1) is 35.5 Å². The molecule has 0 saturated carbocycles. The zero-order valence-corrected chi connectivity index (χ0v) is 19.3. The molecule has 0 aliphatic rings. The fourth-order valence-electron chi connectivity index (χ4n) is 3.20. The maximum atomic E-state index is 12.4. The molecule has 0 aliphatic heterocycles. The number of nitrogens with one attached hydrogen (secondary N) is 1. The zero-order chi connectivity index (χ0) is 23.6. The molecule has 33 heavy (non-hydrogen) atoms. The topological polar surface area (TPSA) is 129 Å². The van der Waals surface area contributed by atoms with Crippen molar-refractivity contribution in [2.45, 2.75) is 13.5 Å². The summed E-state index contributed by atoms with van der Waals surface area (Å²) in [5.74, 6) is -0.779. The van der Waals surface area contributed by atoms with Gasteiger partial charge in [-0.2, -0.15) is 5.26 Å². The molecule has 0 spiro atoms. The highest BCUT2D eigenvalue weighted by Crippen LogP contribution is 2.33. The predicted molar refractivity (Wildman–Crippen MR) is 126 cm³/mol. The van der Waals surface area contributed by atoms with Crippen molar-refractivity contribution < 1.29 is 13.2 Å². The summed E-state index contributed by atoms with van der Waals surface area (Å²) >= 11 is 1.27. The van der Waals surface area contributed by atoms with Crippen molar-refractivity contribution in [1.29, 1.82) is 5.26 Å². The molecule has 0 unspecified atom stereocenters. The van der Waals surface area contributed by atoms with Gasteiger partial charge in [0.2, 0.25) is 10.0 Å². The Hall–Kier alpha value is -3.88. The van der Waals surface area contributed by atoms with Crippen molar-refractivity contribution in [3.63, 3.8) is 0 Å². The van der Waals surface area contributed by atoms with Crippen LogP contribution in [0, 0.1) is 18.3 Å². The second-order valence-corrected chi connectivity index (χ2v) is 10.2. The summed E-state index contributed by atoms with van der Waals surface area (Å²) in [4.78, 5) is 28.0. The van der Waals surface area contributed by atoms with Gasteiger partial charge in [0.1, 0.15) is 5.69 Å². The van der Waals surface area contributed by atoms with Crippen LogP contribution >= 0.6 is 11.3 Å². The number of amides is 1. The molecule has 2 aromatic heterocycles. The van der Waals surface area contributed by atoms with Crippen LogP contribution in [0.2, 0.25) is 0 Å². The summed E-state index contributed by atoms with van der Waals surface area (Å²) in [6, 6.07) is 14.8. The number of hydrogen-bond donors (Lipinski definition) is 1. The van der Waals surface area contributed by atoms with Crippen LogP contribution in [0.3, 0.4) is 0 Å². The van der Waals surface area contributed by atoms with Gasteiger partial charge in [0.25, 0.3) is 5.91 Å². The molecule has 11 heteroatoms. The fourth-order valence-corrected chi connectivity index (χ4v) is 4.56. The van der Waals surface area contributed by atoms with Crippen molar-refractivity contribution in [2.24, 2.45) is 0 Å². The molecule has 166 valence electrons. The maximum Gasteiger partial charge on any atom is 0.284 e. The second kappa shape index (κ2) is 8.93. The highest BCUT2D eigenvalue weighted by atomic mass is 32.2. The number of hydrogen-bond acceptors (Lipinski definition) is 9. The molecular formula is C22H18N6O3S2. The van der Waals surface area contributed by atoms with E-state index in [-0.39, 0.29) is 5.69 Å². The lowest BCUT2D eigenvalue weighted by Crippen LogP contribution is -2.30. The fraction of sp³-hybridized carbons (Fsp3) is 0.136. The summed E-state index contributed by atoms with van der Waals surface area (Å²) in [5.41, 5.74) is 3.78. The highest BCUT2D eigenvalue weighted by molar-refractivity contribution is 7.89. The van der Waals surface area contributed by atoms with Crippen LogP contribution in [0.5, 0.6) is 0 Å². The minimum atomic E-state index is -3.72. The lowest BCUT2D eigenvalue weighted by molar-refractivity contribution is 0.0977. The van der Waals surface area contributed by atoms with Gasteiger partial charge in [-0.15, -0.1) is 11.3 Å². The van der Waals surface area contributed by atoms with E-state index in [1.165, 1.54) is 11.3 Å². The molecule has 9 nitrogen and oxygen atoms in total. The van der Waals surface area contributed by atoms with E-state index >= 15 is 0 Å². The Labute approximate surface area is 194 Å². The van der Waals surface area contributed by atoms with Crippen LogP contribution in [-0.4, -0.2) is 35.5 Å². The Bertz CT molecular complexity index is 1490. The number of thiazole rings is 1. The number of carbonyl (C=O) groups excluding carboxylic acids is 1. The standard InChI is InChI=1S/C22H18N6O3S2/c1-14-20(21(29)27-33(2,30)31)26-22(32-14)28(17-6-3-15(12-23)4-7-17)13-16-5-8-18-19(11-16)25-10-9-24-18/h3-11H,13H2,1-2H3,(H,27,29). The first-order chi connectivity index (χ1) is 15.7. The monoisotopic (exact) mass is 478 g/mol. The molecule has 1 amide bonds. The van der Waals surface area contributed by atoms with E-state index in [2.05, 4.69) is 21.0 Å². The first-order valence-electron chi connectivity index (χ1n) is 9.70. The number of fused-ring (bicyclic) bond motifs is 1. The molecule has 0 aliphatic carbocycles. The van der Waals surface area contributed by atoms with Crippen molar-refractivity contribution in [3.05, 3.63) is 76.6 Å². The molecule has 2 heterocycles. The highest BCUT2D eigenvalue weighted by Gasteiger charge is 2.22. The van der Waals surface area contributed by atoms with Crippen LogP contribution in [0.1, 0.15) is 26.5 Å². The van der Waals surface area contributed by atoms with Crippen molar-refractivity contribution in [1.82, 2.24) is 19.7 Å². The van der Waals surface area contributed by atoms with Gasteiger partial charge >= 0.3 is 0 Å². The number of carbonyl (C=O) groups is 1. The average molecular weight is 479 g/mol. The molecule has 4 rings (SSSR count). The lowest BCUT2D eigenvalue weighted by Gasteiger charge is -2.22. The minimum absolute atomic E-state index is 0.0449. The molecule has 2 aromatic carbocycles. The van der Waals surface area contributed by atoms with Crippen molar-refractivity contribution >= 4 is 49.1 Å². The molecular weight excluding hydrogens is 460 g/mol. The molecule has 1 N–H and O–H groups in total. The van der Waals surface area contributed by atoms with Gasteiger partial charge in [-0.25, -0.2) is 18.1 Å². The third kappa shape index (κ3) is 5.14. The van der Waals surface area contributed by atoms with Crippen LogP contribution in [-0.2, 0) is 16.6 Å². The number of aryl methyl sites for hydroxylation is 1. The molecule has 0 fully saturated rings. The van der Waals surface area contributed by atoms with Crippen LogP contribution in [0.15, 0.2) is 54.9 Å². The van der Waals surface area contributed by atoms with Crippen molar-refractivity contribution in [3.8, 4) is 6.07 Å². The molecule has 0 saturated heterocycles. The number of rotatable bonds is 6. The third-order valence-electron chi connectivity index (χ3n) is 4.69. The average Bonchev–Trinajstić information content (AvgIpc) is 3.18. The largest absolute Gasteiger partial charge is 0.313 e. The number of anilines is 2. The number of sulfonamides is 1. The minimum Gasteiger partial charge on any atom is -0.313 e. The maximum absolute atomic E-state index is 12.4.